The number of hydroxylamine groups is 2. The number of rotatable bonds is 2. The van der Waals surface area contributed by atoms with Crippen LogP contribution in [-0.2, 0) is 4.84 Å². The van der Waals surface area contributed by atoms with Crippen molar-refractivity contribution in [2.45, 2.75) is 12.5 Å². The molecular weight excluding hydrogens is 168 g/mol. The molecule has 2 fully saturated rings. The monoisotopic (exact) mass is 186 g/mol. The van der Waals surface area contributed by atoms with E-state index in [2.05, 4.69) is 11.9 Å². The van der Waals surface area contributed by atoms with Crippen LogP contribution in [0.2, 0.25) is 0 Å². The molecule has 76 valence electrons. The van der Waals surface area contributed by atoms with Crippen LogP contribution in [0.4, 0.5) is 0 Å². The van der Waals surface area contributed by atoms with Gasteiger partial charge in [0.1, 0.15) is 0 Å². The third kappa shape index (κ3) is 2.40. The average molecular weight is 186 g/mol. The van der Waals surface area contributed by atoms with E-state index in [1.807, 2.05) is 5.06 Å². The van der Waals surface area contributed by atoms with Gasteiger partial charge < -0.3 is 10.0 Å². The lowest BCUT2D eigenvalue weighted by atomic mass is 10.1. The van der Waals surface area contributed by atoms with E-state index in [9.17, 15) is 5.11 Å². The summed E-state index contributed by atoms with van der Waals surface area (Å²) in [5.74, 6) is 0.718. The second kappa shape index (κ2) is 3.92. The van der Waals surface area contributed by atoms with Crippen LogP contribution >= 0.6 is 0 Å². The molecular formula is C9H18N2O2. The Morgan fingerprint density at radius 3 is 2.85 bits per heavy atom. The SMILES string of the molecule is CN1CCC(CN2C[C@@H](O)CO2)C1. The van der Waals surface area contributed by atoms with Gasteiger partial charge in [0.25, 0.3) is 0 Å². The first-order chi connectivity index (χ1) is 6.24. The molecule has 2 atom stereocenters. The molecule has 0 aromatic heterocycles. The highest BCUT2D eigenvalue weighted by molar-refractivity contribution is 4.76. The maximum Gasteiger partial charge on any atom is 0.0958 e. The molecule has 4 heteroatoms. The number of hydrogen-bond acceptors (Lipinski definition) is 4. The molecule has 1 N–H and O–H groups in total. The van der Waals surface area contributed by atoms with Crippen molar-refractivity contribution >= 4 is 0 Å². The van der Waals surface area contributed by atoms with Crippen molar-refractivity contribution in [3.8, 4) is 0 Å². The summed E-state index contributed by atoms with van der Waals surface area (Å²) in [6, 6.07) is 0. The van der Waals surface area contributed by atoms with E-state index in [1.165, 1.54) is 13.0 Å². The summed E-state index contributed by atoms with van der Waals surface area (Å²) in [6.07, 6.45) is 0.978. The largest absolute Gasteiger partial charge is 0.389 e. The molecule has 0 aliphatic carbocycles. The topological polar surface area (TPSA) is 35.9 Å². The van der Waals surface area contributed by atoms with E-state index in [0.717, 1.165) is 19.0 Å². The van der Waals surface area contributed by atoms with Crippen LogP contribution in [0, 0.1) is 5.92 Å². The Kier molecular flexibility index (Phi) is 2.83. The third-order valence-electron chi connectivity index (χ3n) is 2.81. The third-order valence-corrected chi connectivity index (χ3v) is 2.81. The zero-order valence-electron chi connectivity index (χ0n) is 8.15. The van der Waals surface area contributed by atoms with Crippen molar-refractivity contribution in [2.24, 2.45) is 5.92 Å². The summed E-state index contributed by atoms with van der Waals surface area (Å²) in [6.45, 7) is 4.49. The molecule has 0 saturated carbocycles. The fraction of sp³-hybridized carbons (Fsp3) is 1.00. The molecule has 0 aromatic rings. The Bertz CT molecular complexity index is 159. The summed E-state index contributed by atoms with van der Waals surface area (Å²) in [5.41, 5.74) is 0. The van der Waals surface area contributed by atoms with Crippen LogP contribution in [0.3, 0.4) is 0 Å². The second-order valence-corrected chi connectivity index (χ2v) is 4.21. The normalized spacial score (nSPS) is 37.4. The van der Waals surface area contributed by atoms with Gasteiger partial charge >= 0.3 is 0 Å². The Labute approximate surface area is 79.0 Å². The number of hydrogen-bond donors (Lipinski definition) is 1. The molecule has 2 rings (SSSR count). The lowest BCUT2D eigenvalue weighted by Gasteiger charge is -2.18. The highest BCUT2D eigenvalue weighted by Crippen LogP contribution is 2.17. The zero-order valence-corrected chi connectivity index (χ0v) is 8.15. The minimum atomic E-state index is -0.279. The molecule has 13 heavy (non-hydrogen) atoms. The van der Waals surface area contributed by atoms with Crippen molar-refractivity contribution in [2.75, 3.05) is 39.8 Å². The Hall–Kier alpha value is -0.160. The lowest BCUT2D eigenvalue weighted by molar-refractivity contribution is -0.118. The Balaban J connectivity index is 1.72. The molecule has 2 aliphatic rings. The second-order valence-electron chi connectivity index (χ2n) is 4.21. The molecule has 4 nitrogen and oxygen atoms in total. The van der Waals surface area contributed by atoms with Crippen LogP contribution in [0.5, 0.6) is 0 Å². The van der Waals surface area contributed by atoms with Crippen molar-refractivity contribution in [1.82, 2.24) is 9.96 Å². The highest BCUT2D eigenvalue weighted by atomic mass is 16.7. The van der Waals surface area contributed by atoms with Crippen LogP contribution in [-0.4, -0.2) is 61.0 Å². The number of likely N-dealkylation sites (tertiary alicyclic amines) is 1. The van der Waals surface area contributed by atoms with Crippen LogP contribution in [0.25, 0.3) is 0 Å². The first-order valence-electron chi connectivity index (χ1n) is 4.98. The van der Waals surface area contributed by atoms with E-state index in [4.69, 9.17) is 4.84 Å². The predicted molar refractivity (Wildman–Crippen MR) is 49.1 cm³/mol. The maximum atomic E-state index is 9.25. The zero-order chi connectivity index (χ0) is 9.26. The van der Waals surface area contributed by atoms with Crippen LogP contribution in [0.15, 0.2) is 0 Å². The van der Waals surface area contributed by atoms with E-state index < -0.39 is 0 Å². The van der Waals surface area contributed by atoms with Crippen LogP contribution in [0.1, 0.15) is 6.42 Å². The first-order valence-corrected chi connectivity index (χ1v) is 4.98. The predicted octanol–water partition coefficient (Wildman–Crippen LogP) is -0.454. The van der Waals surface area contributed by atoms with E-state index in [0.29, 0.717) is 13.2 Å². The van der Waals surface area contributed by atoms with E-state index >= 15 is 0 Å². The van der Waals surface area contributed by atoms with E-state index in [-0.39, 0.29) is 6.10 Å². The Morgan fingerprint density at radius 2 is 2.31 bits per heavy atom. The molecule has 0 spiro atoms. The summed E-state index contributed by atoms with van der Waals surface area (Å²) in [4.78, 5) is 7.67. The van der Waals surface area contributed by atoms with Crippen molar-refractivity contribution in [3.63, 3.8) is 0 Å². The molecule has 2 heterocycles. The van der Waals surface area contributed by atoms with Gasteiger partial charge in [-0.15, -0.1) is 0 Å². The smallest absolute Gasteiger partial charge is 0.0958 e. The minimum absolute atomic E-state index is 0.279. The fourth-order valence-electron chi connectivity index (χ4n) is 2.12. The number of nitrogens with zero attached hydrogens (tertiary/aromatic N) is 2. The summed E-state index contributed by atoms with van der Waals surface area (Å²) >= 11 is 0. The van der Waals surface area contributed by atoms with Gasteiger partial charge in [-0.05, 0) is 25.9 Å². The summed E-state index contributed by atoms with van der Waals surface area (Å²) in [5, 5.41) is 11.2. The molecule has 2 aliphatic heterocycles. The van der Waals surface area contributed by atoms with E-state index in [1.54, 1.807) is 0 Å². The standard InChI is InChI=1S/C9H18N2O2/c1-10-3-2-8(4-10)5-11-6-9(12)7-13-11/h8-9,12H,2-7H2,1H3/t8?,9-/m1/s1. The van der Waals surface area contributed by atoms with Gasteiger partial charge in [0.05, 0.1) is 19.3 Å². The molecule has 2 saturated heterocycles. The molecule has 1 unspecified atom stereocenters. The quantitative estimate of drug-likeness (QED) is 0.633. The van der Waals surface area contributed by atoms with Gasteiger partial charge in [0.15, 0.2) is 0 Å². The van der Waals surface area contributed by atoms with Crippen molar-refractivity contribution in [1.29, 1.82) is 0 Å². The first kappa shape index (κ1) is 9.40. The van der Waals surface area contributed by atoms with Crippen molar-refractivity contribution < 1.29 is 9.94 Å². The molecule has 0 radical (unpaired) electrons. The van der Waals surface area contributed by atoms with Gasteiger partial charge in [0.2, 0.25) is 0 Å². The summed E-state index contributed by atoms with van der Waals surface area (Å²) < 4.78 is 0. The van der Waals surface area contributed by atoms with Crippen LogP contribution < -0.4 is 0 Å². The maximum absolute atomic E-state index is 9.25. The number of β-amino-alcohol motifs (C(OH)–C–C–N with tert-alkyl or cyclic N) is 1. The highest BCUT2D eigenvalue weighted by Gasteiger charge is 2.27. The molecule has 0 amide bonds. The molecule has 0 bridgehead atoms. The number of aliphatic hydroxyl groups is 1. The summed E-state index contributed by atoms with van der Waals surface area (Å²) in [7, 11) is 2.15. The van der Waals surface area contributed by atoms with Gasteiger partial charge in [0, 0.05) is 13.1 Å². The van der Waals surface area contributed by atoms with Gasteiger partial charge in [-0.2, -0.15) is 5.06 Å². The minimum Gasteiger partial charge on any atom is -0.389 e. The van der Waals surface area contributed by atoms with Crippen molar-refractivity contribution in [3.05, 3.63) is 0 Å². The fourth-order valence-corrected chi connectivity index (χ4v) is 2.12. The van der Waals surface area contributed by atoms with Gasteiger partial charge in [-0.25, -0.2) is 0 Å². The van der Waals surface area contributed by atoms with Gasteiger partial charge in [-0.1, -0.05) is 0 Å². The average Bonchev–Trinajstić information content (AvgIpc) is 2.62. The number of aliphatic hydroxyl groups excluding tert-OH is 1. The van der Waals surface area contributed by atoms with Gasteiger partial charge in [-0.3, -0.25) is 4.84 Å². The lowest BCUT2D eigenvalue weighted by Crippen LogP contribution is -2.28. The molecule has 0 aromatic carbocycles. The Morgan fingerprint density at radius 1 is 1.46 bits per heavy atom.